The van der Waals surface area contributed by atoms with Crippen molar-refractivity contribution >= 4 is 11.4 Å². The molecule has 0 bridgehead atoms. The fourth-order valence-electron chi connectivity index (χ4n) is 2.14. The molecule has 2 heteroatoms. The van der Waals surface area contributed by atoms with Crippen LogP contribution in [0.1, 0.15) is 37.3 Å². The summed E-state index contributed by atoms with van der Waals surface area (Å²) in [4.78, 5) is 11.6. The van der Waals surface area contributed by atoms with E-state index in [9.17, 15) is 4.79 Å². The van der Waals surface area contributed by atoms with E-state index in [-0.39, 0.29) is 12.4 Å². The molecule has 0 saturated heterocycles. The van der Waals surface area contributed by atoms with Gasteiger partial charge in [0.15, 0.2) is 5.78 Å². The molecule has 1 aromatic carbocycles. The number of carbonyl (C=O) groups excluding carboxylic acids is 1. The zero-order valence-corrected chi connectivity index (χ0v) is 9.49. The first-order valence-corrected chi connectivity index (χ1v) is 5.65. The van der Waals surface area contributed by atoms with E-state index in [0.29, 0.717) is 6.42 Å². The van der Waals surface area contributed by atoms with Gasteiger partial charge < -0.3 is 5.11 Å². The standard InChI is InChI=1S/C14H16O2/c1-10-13(3-2-4-14(10)16)12-7-5-11(9-15)6-8-12/h5-8,15H,2-4,9H2,1H3. The third-order valence-corrected chi connectivity index (χ3v) is 3.19. The molecule has 0 heterocycles. The zero-order valence-electron chi connectivity index (χ0n) is 9.49. The van der Waals surface area contributed by atoms with Crippen LogP contribution in [0.15, 0.2) is 29.8 Å². The fraction of sp³-hybridized carbons (Fsp3) is 0.357. The second-order valence-corrected chi connectivity index (χ2v) is 4.24. The smallest absolute Gasteiger partial charge is 0.158 e. The Hall–Kier alpha value is -1.41. The van der Waals surface area contributed by atoms with Gasteiger partial charge in [0, 0.05) is 6.42 Å². The first kappa shape index (κ1) is 11.1. The maximum absolute atomic E-state index is 11.6. The average Bonchev–Trinajstić information content (AvgIpc) is 2.33. The SMILES string of the molecule is CC1=C(c2ccc(CO)cc2)CCCC1=O. The number of benzene rings is 1. The average molecular weight is 216 g/mol. The summed E-state index contributed by atoms with van der Waals surface area (Å²) in [5, 5.41) is 8.97. The van der Waals surface area contributed by atoms with Crippen LogP contribution in [0.5, 0.6) is 0 Å². The van der Waals surface area contributed by atoms with E-state index in [4.69, 9.17) is 5.11 Å². The lowest BCUT2D eigenvalue weighted by Gasteiger charge is -2.17. The number of carbonyl (C=O) groups is 1. The minimum absolute atomic E-state index is 0.0667. The van der Waals surface area contributed by atoms with Crippen LogP contribution in [0.25, 0.3) is 5.57 Å². The van der Waals surface area contributed by atoms with Crippen LogP contribution >= 0.6 is 0 Å². The predicted molar refractivity (Wildman–Crippen MR) is 63.8 cm³/mol. The van der Waals surface area contributed by atoms with Crippen LogP contribution in [0.4, 0.5) is 0 Å². The van der Waals surface area contributed by atoms with Gasteiger partial charge in [0.05, 0.1) is 6.61 Å². The highest BCUT2D eigenvalue weighted by Crippen LogP contribution is 2.30. The van der Waals surface area contributed by atoms with E-state index in [1.54, 1.807) is 0 Å². The number of aliphatic hydroxyl groups excluding tert-OH is 1. The molecule has 84 valence electrons. The Kier molecular flexibility index (Phi) is 3.20. The fourth-order valence-corrected chi connectivity index (χ4v) is 2.14. The summed E-state index contributed by atoms with van der Waals surface area (Å²) in [6.45, 7) is 1.98. The van der Waals surface area contributed by atoms with E-state index >= 15 is 0 Å². The van der Waals surface area contributed by atoms with Gasteiger partial charge in [0.25, 0.3) is 0 Å². The second-order valence-electron chi connectivity index (χ2n) is 4.24. The number of allylic oxidation sites excluding steroid dienone is 2. The third-order valence-electron chi connectivity index (χ3n) is 3.19. The number of aliphatic hydroxyl groups is 1. The highest BCUT2D eigenvalue weighted by molar-refractivity contribution is 6.03. The van der Waals surface area contributed by atoms with Gasteiger partial charge in [-0.3, -0.25) is 4.79 Å². The van der Waals surface area contributed by atoms with Crippen molar-refractivity contribution in [3.8, 4) is 0 Å². The van der Waals surface area contributed by atoms with Gasteiger partial charge in [-0.15, -0.1) is 0 Å². The van der Waals surface area contributed by atoms with E-state index in [2.05, 4.69) is 0 Å². The van der Waals surface area contributed by atoms with Gasteiger partial charge in [-0.05, 0) is 42.0 Å². The van der Waals surface area contributed by atoms with Crippen molar-refractivity contribution < 1.29 is 9.90 Å². The van der Waals surface area contributed by atoms with Gasteiger partial charge in [-0.2, -0.15) is 0 Å². The highest BCUT2D eigenvalue weighted by Gasteiger charge is 2.17. The molecule has 0 unspecified atom stereocenters. The van der Waals surface area contributed by atoms with Gasteiger partial charge >= 0.3 is 0 Å². The summed E-state index contributed by atoms with van der Waals surface area (Å²) in [6, 6.07) is 7.80. The van der Waals surface area contributed by atoms with Crippen LogP contribution in [0.3, 0.4) is 0 Å². The molecule has 16 heavy (non-hydrogen) atoms. The minimum Gasteiger partial charge on any atom is -0.392 e. The quantitative estimate of drug-likeness (QED) is 0.825. The Bertz CT molecular complexity index is 427. The van der Waals surface area contributed by atoms with Gasteiger partial charge in [-0.1, -0.05) is 24.3 Å². The molecule has 0 radical (unpaired) electrons. The molecule has 0 aliphatic heterocycles. The number of rotatable bonds is 2. The van der Waals surface area contributed by atoms with Crippen molar-refractivity contribution in [1.29, 1.82) is 0 Å². The summed E-state index contributed by atoms with van der Waals surface area (Å²) in [5.74, 6) is 0.271. The molecule has 0 spiro atoms. The number of hydrogen-bond donors (Lipinski definition) is 1. The molecule has 2 nitrogen and oxygen atoms in total. The molecule has 1 aliphatic carbocycles. The van der Waals surface area contributed by atoms with Crippen molar-refractivity contribution in [1.82, 2.24) is 0 Å². The van der Waals surface area contributed by atoms with E-state index < -0.39 is 0 Å². The molecule has 0 saturated carbocycles. The Labute approximate surface area is 95.6 Å². The first-order chi connectivity index (χ1) is 7.72. The largest absolute Gasteiger partial charge is 0.392 e. The normalized spacial score (nSPS) is 16.8. The van der Waals surface area contributed by atoms with E-state index in [1.807, 2.05) is 31.2 Å². The number of Topliss-reactive ketones (excluding diaryl/α,β-unsaturated/α-hetero) is 1. The van der Waals surface area contributed by atoms with Crippen molar-refractivity contribution in [2.45, 2.75) is 32.8 Å². The molecular weight excluding hydrogens is 200 g/mol. The van der Waals surface area contributed by atoms with Crippen molar-refractivity contribution in [2.75, 3.05) is 0 Å². The lowest BCUT2D eigenvalue weighted by molar-refractivity contribution is -0.115. The second kappa shape index (κ2) is 4.62. The zero-order chi connectivity index (χ0) is 11.5. The van der Waals surface area contributed by atoms with Gasteiger partial charge in [-0.25, -0.2) is 0 Å². The van der Waals surface area contributed by atoms with Crippen molar-refractivity contribution in [3.63, 3.8) is 0 Å². The summed E-state index contributed by atoms with van der Waals surface area (Å²) >= 11 is 0. The van der Waals surface area contributed by atoms with Crippen molar-refractivity contribution in [3.05, 3.63) is 41.0 Å². The van der Waals surface area contributed by atoms with Crippen molar-refractivity contribution in [2.24, 2.45) is 0 Å². The molecule has 1 N–H and O–H groups in total. The first-order valence-electron chi connectivity index (χ1n) is 5.65. The number of hydrogen-bond acceptors (Lipinski definition) is 2. The molecule has 0 atom stereocenters. The molecular formula is C14H16O2. The monoisotopic (exact) mass is 216 g/mol. The summed E-state index contributed by atoms with van der Waals surface area (Å²) in [6.07, 6.45) is 2.62. The van der Waals surface area contributed by atoms with Gasteiger partial charge in [0.1, 0.15) is 0 Å². The van der Waals surface area contributed by atoms with Crippen LogP contribution in [-0.2, 0) is 11.4 Å². The molecule has 0 amide bonds. The minimum atomic E-state index is 0.0667. The Morgan fingerprint density at radius 3 is 2.50 bits per heavy atom. The lowest BCUT2D eigenvalue weighted by atomic mass is 9.87. The Morgan fingerprint density at radius 2 is 1.88 bits per heavy atom. The van der Waals surface area contributed by atoms with E-state index in [0.717, 1.165) is 29.5 Å². The lowest BCUT2D eigenvalue weighted by Crippen LogP contribution is -2.08. The van der Waals surface area contributed by atoms with Crippen LogP contribution < -0.4 is 0 Å². The number of ketones is 1. The topological polar surface area (TPSA) is 37.3 Å². The summed E-state index contributed by atoms with van der Waals surface area (Å²) < 4.78 is 0. The summed E-state index contributed by atoms with van der Waals surface area (Å²) in [5.41, 5.74) is 4.09. The molecule has 1 aliphatic rings. The third kappa shape index (κ3) is 2.07. The maximum Gasteiger partial charge on any atom is 0.158 e. The molecule has 0 fully saturated rings. The van der Waals surface area contributed by atoms with Gasteiger partial charge in [0.2, 0.25) is 0 Å². The predicted octanol–water partition coefficient (Wildman–Crippen LogP) is 2.71. The van der Waals surface area contributed by atoms with E-state index in [1.165, 1.54) is 5.57 Å². The molecule has 1 aromatic rings. The molecule has 2 rings (SSSR count). The maximum atomic E-state index is 11.6. The van der Waals surface area contributed by atoms with Crippen LogP contribution in [0, 0.1) is 0 Å². The van der Waals surface area contributed by atoms with Crippen LogP contribution in [-0.4, -0.2) is 10.9 Å². The Morgan fingerprint density at radius 1 is 1.19 bits per heavy atom. The van der Waals surface area contributed by atoms with Crippen LogP contribution in [0.2, 0.25) is 0 Å². The Balaban J connectivity index is 2.36. The molecule has 0 aromatic heterocycles. The highest BCUT2D eigenvalue weighted by atomic mass is 16.3. The summed E-state index contributed by atoms with van der Waals surface area (Å²) in [7, 11) is 0.